The van der Waals surface area contributed by atoms with E-state index in [1.807, 2.05) is 37.3 Å². The molecule has 0 saturated heterocycles. The molecule has 0 radical (unpaired) electrons. The van der Waals surface area contributed by atoms with Gasteiger partial charge in [-0.1, -0.05) is 82.8 Å². The molecule has 3 rings (SSSR count). The fourth-order valence-corrected chi connectivity index (χ4v) is 4.49. The lowest BCUT2D eigenvalue weighted by molar-refractivity contribution is -0.142. The SMILES string of the molecule is CCNC(=O)C(Cc1ccccc1)N(Cc1c(Cl)cccc1Cl)C(=O)COc1ccc(Cl)cc1Cl. The van der Waals surface area contributed by atoms with E-state index in [4.69, 9.17) is 51.1 Å². The number of nitrogens with zero attached hydrogens (tertiary/aromatic N) is 1. The number of hydrogen-bond acceptors (Lipinski definition) is 3. The number of hydrogen-bond donors (Lipinski definition) is 1. The molecule has 0 heterocycles. The molecular formula is C26H24Cl4N2O3. The molecule has 0 aliphatic heterocycles. The Hall–Kier alpha value is -2.44. The normalized spacial score (nSPS) is 11.6. The molecule has 184 valence electrons. The predicted octanol–water partition coefficient (Wildman–Crippen LogP) is 6.46. The van der Waals surface area contributed by atoms with Crippen molar-refractivity contribution < 1.29 is 14.3 Å². The highest BCUT2D eigenvalue weighted by Gasteiger charge is 2.31. The molecule has 0 aliphatic carbocycles. The van der Waals surface area contributed by atoms with Gasteiger partial charge in [0.1, 0.15) is 11.8 Å². The highest BCUT2D eigenvalue weighted by Crippen LogP contribution is 2.29. The van der Waals surface area contributed by atoms with E-state index in [2.05, 4.69) is 5.32 Å². The molecule has 3 aromatic rings. The largest absolute Gasteiger partial charge is 0.482 e. The maximum Gasteiger partial charge on any atom is 0.261 e. The van der Waals surface area contributed by atoms with Gasteiger partial charge in [0.15, 0.2) is 6.61 Å². The first kappa shape index (κ1) is 27.2. The first-order valence-corrected chi connectivity index (χ1v) is 12.4. The van der Waals surface area contributed by atoms with E-state index >= 15 is 0 Å². The number of carbonyl (C=O) groups is 2. The average molecular weight is 554 g/mol. The third-order valence-electron chi connectivity index (χ3n) is 5.26. The first-order valence-electron chi connectivity index (χ1n) is 10.9. The molecule has 0 fully saturated rings. The number of rotatable bonds is 10. The van der Waals surface area contributed by atoms with Gasteiger partial charge in [0.05, 0.1) is 5.02 Å². The highest BCUT2D eigenvalue weighted by atomic mass is 35.5. The minimum atomic E-state index is -0.832. The van der Waals surface area contributed by atoms with Gasteiger partial charge in [0, 0.05) is 40.1 Å². The summed E-state index contributed by atoms with van der Waals surface area (Å²) in [4.78, 5) is 28.1. The molecule has 3 aromatic carbocycles. The van der Waals surface area contributed by atoms with Crippen LogP contribution in [0.5, 0.6) is 5.75 Å². The quantitative estimate of drug-likeness (QED) is 0.313. The van der Waals surface area contributed by atoms with Crippen LogP contribution >= 0.6 is 46.4 Å². The first-order chi connectivity index (χ1) is 16.8. The number of halogens is 4. The monoisotopic (exact) mass is 552 g/mol. The topological polar surface area (TPSA) is 58.6 Å². The number of amides is 2. The van der Waals surface area contributed by atoms with Gasteiger partial charge in [0.25, 0.3) is 5.91 Å². The summed E-state index contributed by atoms with van der Waals surface area (Å²) in [6.07, 6.45) is 0.294. The second-order valence-electron chi connectivity index (χ2n) is 7.69. The summed E-state index contributed by atoms with van der Waals surface area (Å²) in [7, 11) is 0. The Morgan fingerprint density at radius 1 is 0.914 bits per heavy atom. The van der Waals surface area contributed by atoms with Crippen molar-refractivity contribution in [1.82, 2.24) is 10.2 Å². The van der Waals surface area contributed by atoms with Crippen LogP contribution in [0.1, 0.15) is 18.1 Å². The van der Waals surface area contributed by atoms with Crippen molar-refractivity contribution >= 4 is 58.2 Å². The van der Waals surface area contributed by atoms with E-state index in [1.54, 1.807) is 30.3 Å². The van der Waals surface area contributed by atoms with Crippen molar-refractivity contribution in [3.8, 4) is 5.75 Å². The van der Waals surface area contributed by atoms with Gasteiger partial charge in [-0.15, -0.1) is 0 Å². The zero-order valence-electron chi connectivity index (χ0n) is 18.9. The predicted molar refractivity (Wildman–Crippen MR) is 142 cm³/mol. The Bertz CT molecular complexity index is 1150. The van der Waals surface area contributed by atoms with Crippen LogP contribution in [-0.2, 0) is 22.6 Å². The van der Waals surface area contributed by atoms with Crippen LogP contribution in [-0.4, -0.2) is 35.9 Å². The number of carbonyl (C=O) groups excluding carboxylic acids is 2. The van der Waals surface area contributed by atoms with Crippen molar-refractivity contribution in [2.24, 2.45) is 0 Å². The van der Waals surface area contributed by atoms with Crippen LogP contribution in [0.4, 0.5) is 0 Å². The standard InChI is InChI=1S/C26H24Cl4N2O3/c1-2-31-26(34)23(13-17-7-4-3-5-8-17)32(15-19-20(28)9-6-10-21(19)29)25(33)16-35-24-12-11-18(27)14-22(24)30/h3-12,14,23H,2,13,15-16H2,1H3,(H,31,34). The van der Waals surface area contributed by atoms with Crippen molar-refractivity contribution in [2.45, 2.75) is 25.9 Å². The van der Waals surface area contributed by atoms with Gasteiger partial charge >= 0.3 is 0 Å². The maximum absolute atomic E-state index is 13.5. The molecule has 0 aliphatic rings. The minimum Gasteiger partial charge on any atom is -0.482 e. The molecule has 0 aromatic heterocycles. The lowest BCUT2D eigenvalue weighted by Gasteiger charge is -2.32. The van der Waals surface area contributed by atoms with E-state index < -0.39 is 11.9 Å². The molecule has 9 heteroatoms. The Morgan fingerprint density at radius 3 is 2.23 bits per heavy atom. The molecule has 0 spiro atoms. The Kier molecular flexibility index (Phi) is 10.1. The second kappa shape index (κ2) is 13.0. The van der Waals surface area contributed by atoms with Crippen molar-refractivity contribution in [3.05, 3.63) is 97.9 Å². The molecular weight excluding hydrogens is 530 g/mol. The summed E-state index contributed by atoms with van der Waals surface area (Å²) in [5.74, 6) is -0.422. The molecule has 0 saturated carbocycles. The Morgan fingerprint density at radius 2 is 1.60 bits per heavy atom. The van der Waals surface area contributed by atoms with Crippen LogP contribution in [0.3, 0.4) is 0 Å². The molecule has 35 heavy (non-hydrogen) atoms. The van der Waals surface area contributed by atoms with E-state index in [0.717, 1.165) is 5.56 Å². The zero-order chi connectivity index (χ0) is 25.4. The average Bonchev–Trinajstić information content (AvgIpc) is 2.83. The van der Waals surface area contributed by atoms with Crippen molar-refractivity contribution in [3.63, 3.8) is 0 Å². The van der Waals surface area contributed by atoms with Crippen molar-refractivity contribution in [2.75, 3.05) is 13.2 Å². The fourth-order valence-electron chi connectivity index (χ4n) is 3.51. The van der Waals surface area contributed by atoms with Crippen LogP contribution in [0.2, 0.25) is 20.1 Å². The number of ether oxygens (including phenoxy) is 1. The van der Waals surface area contributed by atoms with Gasteiger partial charge in [-0.2, -0.15) is 0 Å². The van der Waals surface area contributed by atoms with Crippen molar-refractivity contribution in [1.29, 1.82) is 0 Å². The van der Waals surface area contributed by atoms with Crippen LogP contribution < -0.4 is 10.1 Å². The van der Waals surface area contributed by atoms with E-state index in [0.29, 0.717) is 39.3 Å². The third-order valence-corrected chi connectivity index (χ3v) is 6.50. The summed E-state index contributed by atoms with van der Waals surface area (Å²) in [5.41, 5.74) is 1.43. The lowest BCUT2D eigenvalue weighted by atomic mass is 10.0. The maximum atomic E-state index is 13.5. The van der Waals surface area contributed by atoms with Gasteiger partial charge < -0.3 is 15.0 Å². The zero-order valence-corrected chi connectivity index (χ0v) is 22.0. The summed E-state index contributed by atoms with van der Waals surface area (Å²) in [5, 5.41) is 4.34. The van der Waals surface area contributed by atoms with E-state index in [1.165, 1.54) is 11.0 Å². The molecule has 0 bridgehead atoms. The number of nitrogens with one attached hydrogen (secondary N) is 1. The Balaban J connectivity index is 1.95. The summed E-state index contributed by atoms with van der Waals surface area (Å²) < 4.78 is 5.69. The molecule has 2 amide bonds. The molecule has 1 atom stereocenters. The van der Waals surface area contributed by atoms with E-state index in [9.17, 15) is 9.59 Å². The summed E-state index contributed by atoms with van der Waals surface area (Å²) in [6, 6.07) is 18.4. The van der Waals surface area contributed by atoms with E-state index in [-0.39, 0.29) is 24.1 Å². The lowest BCUT2D eigenvalue weighted by Crippen LogP contribution is -2.51. The fraction of sp³-hybridized carbons (Fsp3) is 0.231. The smallest absolute Gasteiger partial charge is 0.261 e. The summed E-state index contributed by atoms with van der Waals surface area (Å²) >= 11 is 25.0. The third kappa shape index (κ3) is 7.52. The number of likely N-dealkylation sites (N-methyl/N-ethyl adjacent to an activating group) is 1. The molecule has 5 nitrogen and oxygen atoms in total. The minimum absolute atomic E-state index is 0.0175. The highest BCUT2D eigenvalue weighted by molar-refractivity contribution is 6.36. The van der Waals surface area contributed by atoms with Crippen LogP contribution in [0, 0.1) is 0 Å². The van der Waals surface area contributed by atoms with Gasteiger partial charge in [-0.3, -0.25) is 9.59 Å². The van der Waals surface area contributed by atoms with Crippen LogP contribution in [0.25, 0.3) is 0 Å². The molecule has 1 unspecified atom stereocenters. The Labute approximate surface area is 224 Å². The molecule has 1 N–H and O–H groups in total. The van der Waals surface area contributed by atoms with Gasteiger partial charge in [-0.05, 0) is 42.8 Å². The van der Waals surface area contributed by atoms with Gasteiger partial charge in [-0.25, -0.2) is 0 Å². The van der Waals surface area contributed by atoms with Crippen LogP contribution in [0.15, 0.2) is 66.7 Å². The van der Waals surface area contributed by atoms with Gasteiger partial charge in [0.2, 0.25) is 5.91 Å². The summed E-state index contributed by atoms with van der Waals surface area (Å²) in [6.45, 7) is 1.90. The second-order valence-corrected chi connectivity index (χ2v) is 9.34. The number of benzene rings is 3.